The van der Waals surface area contributed by atoms with Gasteiger partial charge in [-0.2, -0.15) is 0 Å². The Morgan fingerprint density at radius 2 is 1.79 bits per heavy atom. The Balaban J connectivity index is 1.52. The van der Waals surface area contributed by atoms with Crippen LogP contribution in [0.25, 0.3) is 0 Å². The fourth-order valence-electron chi connectivity index (χ4n) is 4.08. The van der Waals surface area contributed by atoms with Crippen molar-refractivity contribution < 1.29 is 19.4 Å². The Hall–Kier alpha value is -2.22. The van der Waals surface area contributed by atoms with Gasteiger partial charge < -0.3 is 20.1 Å². The third kappa shape index (κ3) is 6.13. The first-order valence-electron chi connectivity index (χ1n) is 10.7. The summed E-state index contributed by atoms with van der Waals surface area (Å²) in [5.74, 6) is -0.182. The van der Waals surface area contributed by atoms with E-state index in [1.54, 1.807) is 0 Å². The number of ether oxygens (including phenoxy) is 1. The van der Waals surface area contributed by atoms with E-state index in [-0.39, 0.29) is 29.7 Å². The van der Waals surface area contributed by atoms with Crippen LogP contribution in [-0.2, 0) is 9.53 Å². The highest BCUT2D eigenvalue weighted by Crippen LogP contribution is 2.23. The highest BCUT2D eigenvalue weighted by molar-refractivity contribution is 5.86. The molecule has 0 radical (unpaired) electrons. The molecular formula is C21H32N4O4. The molecule has 1 saturated carbocycles. The molecule has 2 fully saturated rings. The van der Waals surface area contributed by atoms with E-state index in [0.717, 1.165) is 58.0 Å². The summed E-state index contributed by atoms with van der Waals surface area (Å²) < 4.78 is 5.76. The first kappa shape index (κ1) is 21.5. The van der Waals surface area contributed by atoms with E-state index in [4.69, 9.17) is 9.84 Å². The molecule has 3 rings (SSSR count). The predicted octanol–water partition coefficient (Wildman–Crippen LogP) is 2.63. The lowest BCUT2D eigenvalue weighted by Crippen LogP contribution is -2.50. The molecule has 0 aromatic carbocycles. The molecule has 160 valence electrons. The Bertz CT molecular complexity index is 680. The van der Waals surface area contributed by atoms with Crippen LogP contribution in [0.15, 0.2) is 12.4 Å². The zero-order valence-corrected chi connectivity index (χ0v) is 17.3. The van der Waals surface area contributed by atoms with Gasteiger partial charge in [0, 0.05) is 31.5 Å². The van der Waals surface area contributed by atoms with E-state index >= 15 is 0 Å². The van der Waals surface area contributed by atoms with Gasteiger partial charge in [-0.1, -0.05) is 13.8 Å². The molecule has 1 aliphatic heterocycles. The summed E-state index contributed by atoms with van der Waals surface area (Å²) in [6.45, 7) is 5.77. The zero-order valence-electron chi connectivity index (χ0n) is 17.3. The van der Waals surface area contributed by atoms with Gasteiger partial charge in [-0.15, -0.1) is 0 Å². The molecule has 8 heteroatoms. The van der Waals surface area contributed by atoms with Gasteiger partial charge in [-0.05, 0) is 50.9 Å². The summed E-state index contributed by atoms with van der Waals surface area (Å²) in [5.41, 5.74) is 0.0857. The first-order chi connectivity index (χ1) is 13.9. The van der Waals surface area contributed by atoms with Gasteiger partial charge in [0.05, 0.1) is 5.56 Å². The lowest BCUT2D eigenvalue weighted by atomic mass is 9.99. The van der Waals surface area contributed by atoms with Crippen molar-refractivity contribution in [3.63, 3.8) is 0 Å². The number of rotatable bonds is 8. The fraction of sp³-hybridized carbons (Fsp3) is 0.714. The van der Waals surface area contributed by atoms with E-state index in [2.05, 4.69) is 34.0 Å². The molecule has 0 unspecified atom stereocenters. The maximum absolute atomic E-state index is 12.7. The number of hydrogen-bond acceptors (Lipinski definition) is 7. The highest BCUT2D eigenvalue weighted by atomic mass is 16.5. The summed E-state index contributed by atoms with van der Waals surface area (Å²) >= 11 is 0. The standard InChI is InChI=1S/C21H32N4O4/c1-14(2)11-18(20(28)29-17-5-3-4-6-17)24-16-7-9-25(10-8-16)21-22-12-15(13-23-21)19(26)27/h12-14,16-18,24H,3-11H2,1-2H3,(H,26,27)/t18-/m0/s1. The van der Waals surface area contributed by atoms with Crippen molar-refractivity contribution in [2.24, 2.45) is 5.92 Å². The molecule has 2 N–H and O–H groups in total. The van der Waals surface area contributed by atoms with Crippen LogP contribution in [0, 0.1) is 5.92 Å². The number of esters is 1. The molecular weight excluding hydrogens is 372 g/mol. The molecule has 29 heavy (non-hydrogen) atoms. The summed E-state index contributed by atoms with van der Waals surface area (Å²) in [6, 6.07) is -0.0253. The van der Waals surface area contributed by atoms with Gasteiger partial charge in [0.2, 0.25) is 5.95 Å². The minimum absolute atomic E-state index is 0.0857. The number of carboxylic acid groups (broad SMARTS) is 1. The van der Waals surface area contributed by atoms with Crippen molar-refractivity contribution in [3.8, 4) is 0 Å². The van der Waals surface area contributed by atoms with Crippen LogP contribution in [0.4, 0.5) is 5.95 Å². The first-order valence-corrected chi connectivity index (χ1v) is 10.7. The number of nitrogens with zero attached hydrogens (tertiary/aromatic N) is 3. The number of aromatic carboxylic acids is 1. The second-order valence-corrected chi connectivity index (χ2v) is 8.53. The number of anilines is 1. The van der Waals surface area contributed by atoms with Gasteiger partial charge in [0.15, 0.2) is 0 Å². The second-order valence-electron chi connectivity index (χ2n) is 8.53. The Morgan fingerprint density at radius 1 is 1.17 bits per heavy atom. The predicted molar refractivity (Wildman–Crippen MR) is 109 cm³/mol. The number of hydrogen-bond donors (Lipinski definition) is 2. The maximum atomic E-state index is 12.7. The molecule has 0 bridgehead atoms. The van der Waals surface area contributed by atoms with Gasteiger partial charge in [-0.3, -0.25) is 4.79 Å². The molecule has 1 saturated heterocycles. The topological polar surface area (TPSA) is 105 Å². The Morgan fingerprint density at radius 3 is 2.34 bits per heavy atom. The lowest BCUT2D eigenvalue weighted by Gasteiger charge is -2.34. The monoisotopic (exact) mass is 404 g/mol. The summed E-state index contributed by atoms with van der Waals surface area (Å²) in [4.78, 5) is 34.1. The lowest BCUT2D eigenvalue weighted by molar-refractivity contribution is -0.152. The van der Waals surface area contributed by atoms with Gasteiger partial charge in [-0.25, -0.2) is 14.8 Å². The highest BCUT2D eigenvalue weighted by Gasteiger charge is 2.30. The minimum Gasteiger partial charge on any atom is -0.478 e. The molecule has 1 aromatic heterocycles. The Kier molecular flexibility index (Phi) is 7.41. The normalized spacial score (nSPS) is 19.5. The molecule has 0 amide bonds. The van der Waals surface area contributed by atoms with Crippen LogP contribution in [0.2, 0.25) is 0 Å². The van der Waals surface area contributed by atoms with E-state index < -0.39 is 5.97 Å². The van der Waals surface area contributed by atoms with Crippen LogP contribution >= 0.6 is 0 Å². The van der Waals surface area contributed by atoms with Crippen molar-refractivity contribution in [2.75, 3.05) is 18.0 Å². The number of carbonyl (C=O) groups excluding carboxylic acids is 1. The zero-order chi connectivity index (χ0) is 20.8. The molecule has 8 nitrogen and oxygen atoms in total. The van der Waals surface area contributed by atoms with Crippen LogP contribution in [0.1, 0.15) is 69.2 Å². The molecule has 2 aliphatic rings. The second kappa shape index (κ2) is 10.0. The van der Waals surface area contributed by atoms with Crippen LogP contribution < -0.4 is 10.2 Å². The molecule has 1 aromatic rings. The average molecular weight is 405 g/mol. The van der Waals surface area contributed by atoms with Crippen molar-refractivity contribution in [1.29, 1.82) is 0 Å². The minimum atomic E-state index is -1.03. The molecule has 1 atom stereocenters. The summed E-state index contributed by atoms with van der Waals surface area (Å²) in [5, 5.41) is 12.5. The third-order valence-corrected chi connectivity index (χ3v) is 5.68. The van der Waals surface area contributed by atoms with Crippen LogP contribution in [-0.4, -0.2) is 58.3 Å². The largest absolute Gasteiger partial charge is 0.478 e. The Labute approximate surface area is 172 Å². The van der Waals surface area contributed by atoms with Crippen molar-refractivity contribution in [3.05, 3.63) is 18.0 Å². The average Bonchev–Trinajstić information content (AvgIpc) is 3.21. The van der Waals surface area contributed by atoms with Gasteiger partial charge in [0.25, 0.3) is 0 Å². The van der Waals surface area contributed by atoms with Crippen molar-refractivity contribution in [2.45, 2.75) is 77.0 Å². The molecule has 2 heterocycles. The molecule has 1 aliphatic carbocycles. The van der Waals surface area contributed by atoms with E-state index in [1.165, 1.54) is 12.4 Å². The van der Waals surface area contributed by atoms with Crippen LogP contribution in [0.3, 0.4) is 0 Å². The fourth-order valence-corrected chi connectivity index (χ4v) is 4.08. The number of piperidine rings is 1. The maximum Gasteiger partial charge on any atom is 0.338 e. The number of carboxylic acids is 1. The number of nitrogens with one attached hydrogen (secondary N) is 1. The summed E-state index contributed by atoms with van der Waals surface area (Å²) in [6.07, 6.45) is 9.54. The van der Waals surface area contributed by atoms with E-state index in [9.17, 15) is 9.59 Å². The van der Waals surface area contributed by atoms with E-state index in [0.29, 0.717) is 11.9 Å². The number of carbonyl (C=O) groups is 2. The van der Waals surface area contributed by atoms with Crippen molar-refractivity contribution >= 4 is 17.9 Å². The summed E-state index contributed by atoms with van der Waals surface area (Å²) in [7, 11) is 0. The smallest absolute Gasteiger partial charge is 0.338 e. The van der Waals surface area contributed by atoms with Gasteiger partial charge >= 0.3 is 11.9 Å². The third-order valence-electron chi connectivity index (χ3n) is 5.68. The van der Waals surface area contributed by atoms with Crippen LogP contribution in [0.5, 0.6) is 0 Å². The van der Waals surface area contributed by atoms with Gasteiger partial charge in [0.1, 0.15) is 12.1 Å². The van der Waals surface area contributed by atoms with Crippen molar-refractivity contribution in [1.82, 2.24) is 15.3 Å². The SMILES string of the molecule is CC(C)C[C@H](NC1CCN(c2ncc(C(=O)O)cn2)CC1)C(=O)OC1CCCC1. The number of aromatic nitrogens is 2. The molecule has 0 spiro atoms. The van der Waals surface area contributed by atoms with E-state index in [1.807, 2.05) is 0 Å². The quantitative estimate of drug-likeness (QED) is 0.637.